The summed E-state index contributed by atoms with van der Waals surface area (Å²) >= 11 is 0. The lowest BCUT2D eigenvalue weighted by Gasteiger charge is -2.34. The van der Waals surface area contributed by atoms with E-state index >= 15 is 0 Å². The Labute approximate surface area is 214 Å². The van der Waals surface area contributed by atoms with Gasteiger partial charge in [0.2, 0.25) is 0 Å². The van der Waals surface area contributed by atoms with Gasteiger partial charge in [0, 0.05) is 55.2 Å². The molecule has 2 aromatic carbocycles. The number of anilines is 2. The molecule has 0 aromatic heterocycles. The highest BCUT2D eigenvalue weighted by molar-refractivity contribution is 6.04. The third kappa shape index (κ3) is 5.94. The van der Waals surface area contributed by atoms with E-state index in [9.17, 15) is 19.5 Å². The molecule has 12 heteroatoms. The molecule has 2 aliphatic rings. The van der Waals surface area contributed by atoms with Gasteiger partial charge in [-0.25, -0.2) is 0 Å². The summed E-state index contributed by atoms with van der Waals surface area (Å²) in [5.74, 6) is -1.57. The Kier molecular flexibility index (Phi) is 8.14. The van der Waals surface area contributed by atoms with Gasteiger partial charge in [-0.15, -0.1) is 0 Å². The number of carbonyl (C=O) groups is 3. The average Bonchev–Trinajstić information content (AvgIpc) is 2.93. The van der Waals surface area contributed by atoms with Crippen LogP contribution in [0.2, 0.25) is 0 Å². The highest BCUT2D eigenvalue weighted by Gasteiger charge is 2.39. The monoisotopic (exact) mass is 510 g/mol. The van der Waals surface area contributed by atoms with Crippen LogP contribution in [-0.4, -0.2) is 97.3 Å². The van der Waals surface area contributed by atoms with Crippen LogP contribution >= 0.6 is 0 Å². The molecule has 2 atom stereocenters. The SMILES string of the molecule is CON1CCN(C(=O)c2ccc(N3CCO[C@H]([C@@H](O)C(=O)Nc4ccc(C(=N)N)cc4)C3=O)cc2)CC1. The third-order valence-corrected chi connectivity index (χ3v) is 6.35. The van der Waals surface area contributed by atoms with Gasteiger partial charge in [-0.2, -0.15) is 5.06 Å². The summed E-state index contributed by atoms with van der Waals surface area (Å²) in [5, 5.41) is 22.3. The van der Waals surface area contributed by atoms with Crippen LogP contribution in [-0.2, 0) is 19.2 Å². The van der Waals surface area contributed by atoms with Crippen molar-refractivity contribution in [2.24, 2.45) is 5.73 Å². The van der Waals surface area contributed by atoms with Crippen molar-refractivity contribution in [2.45, 2.75) is 12.2 Å². The topological polar surface area (TPSA) is 162 Å². The molecular weight excluding hydrogens is 480 g/mol. The van der Waals surface area contributed by atoms with Crippen LogP contribution in [0.1, 0.15) is 15.9 Å². The lowest BCUT2D eigenvalue weighted by atomic mass is 10.1. The Morgan fingerprint density at radius 1 is 1.05 bits per heavy atom. The Morgan fingerprint density at radius 2 is 1.68 bits per heavy atom. The first-order chi connectivity index (χ1) is 17.8. The van der Waals surface area contributed by atoms with Crippen molar-refractivity contribution in [3.63, 3.8) is 0 Å². The Hall–Kier alpha value is -3.84. The van der Waals surface area contributed by atoms with E-state index in [1.165, 1.54) is 17.0 Å². The van der Waals surface area contributed by atoms with Gasteiger partial charge in [0.05, 0.1) is 13.7 Å². The zero-order chi connectivity index (χ0) is 26.5. The minimum absolute atomic E-state index is 0.100. The number of morpholine rings is 1. The van der Waals surface area contributed by atoms with Gasteiger partial charge in [-0.1, -0.05) is 0 Å². The minimum Gasteiger partial charge on any atom is -0.384 e. The molecule has 2 aliphatic heterocycles. The molecule has 12 nitrogen and oxygen atoms in total. The molecule has 196 valence electrons. The van der Waals surface area contributed by atoms with Crippen LogP contribution in [0.15, 0.2) is 48.5 Å². The first kappa shape index (κ1) is 26.2. The molecule has 3 amide bonds. The maximum Gasteiger partial charge on any atom is 0.259 e. The zero-order valence-electron chi connectivity index (χ0n) is 20.4. The van der Waals surface area contributed by atoms with E-state index in [4.69, 9.17) is 20.7 Å². The number of piperazine rings is 1. The molecule has 0 bridgehead atoms. The normalized spacial score (nSPS) is 19.4. The number of aliphatic hydroxyl groups excluding tert-OH is 1. The second-order valence-electron chi connectivity index (χ2n) is 8.66. The summed E-state index contributed by atoms with van der Waals surface area (Å²) in [6, 6.07) is 12.8. The van der Waals surface area contributed by atoms with E-state index in [-0.39, 0.29) is 24.9 Å². The first-order valence-electron chi connectivity index (χ1n) is 11.8. The van der Waals surface area contributed by atoms with Crippen molar-refractivity contribution in [1.29, 1.82) is 5.41 Å². The largest absolute Gasteiger partial charge is 0.384 e. The molecule has 2 aromatic rings. The number of hydrogen-bond donors (Lipinski definition) is 4. The number of ether oxygens (including phenoxy) is 1. The van der Waals surface area contributed by atoms with E-state index < -0.39 is 24.0 Å². The van der Waals surface area contributed by atoms with Crippen molar-refractivity contribution in [3.8, 4) is 0 Å². The fourth-order valence-electron chi connectivity index (χ4n) is 4.22. The Bertz CT molecular complexity index is 1150. The maximum absolute atomic E-state index is 13.1. The molecule has 5 N–H and O–H groups in total. The molecule has 4 rings (SSSR count). The molecule has 2 fully saturated rings. The summed E-state index contributed by atoms with van der Waals surface area (Å²) in [6.07, 6.45) is -3.13. The fourth-order valence-corrected chi connectivity index (χ4v) is 4.22. The summed E-state index contributed by atoms with van der Waals surface area (Å²) < 4.78 is 5.45. The lowest BCUT2D eigenvalue weighted by molar-refractivity contribution is -0.150. The van der Waals surface area contributed by atoms with Gasteiger partial charge >= 0.3 is 0 Å². The third-order valence-electron chi connectivity index (χ3n) is 6.35. The maximum atomic E-state index is 13.1. The Balaban J connectivity index is 1.38. The average molecular weight is 511 g/mol. The van der Waals surface area contributed by atoms with E-state index in [1.54, 1.807) is 53.5 Å². The van der Waals surface area contributed by atoms with Gasteiger partial charge in [-0.05, 0) is 48.5 Å². The fraction of sp³-hybridized carbons (Fsp3) is 0.360. The number of aliphatic hydroxyl groups is 1. The quantitative estimate of drug-likeness (QED) is 0.299. The first-order valence-corrected chi connectivity index (χ1v) is 11.8. The van der Waals surface area contributed by atoms with E-state index in [1.807, 2.05) is 0 Å². The lowest BCUT2D eigenvalue weighted by Crippen LogP contribution is -2.55. The molecule has 37 heavy (non-hydrogen) atoms. The number of carbonyl (C=O) groups excluding carboxylic acids is 3. The van der Waals surface area contributed by atoms with Gasteiger partial charge in [0.15, 0.2) is 12.2 Å². The smallest absolute Gasteiger partial charge is 0.259 e. The molecule has 0 spiro atoms. The van der Waals surface area contributed by atoms with Crippen LogP contribution in [0.5, 0.6) is 0 Å². The predicted molar refractivity (Wildman–Crippen MR) is 135 cm³/mol. The number of amidine groups is 1. The number of nitrogens with one attached hydrogen (secondary N) is 2. The predicted octanol–water partition coefficient (Wildman–Crippen LogP) is 0.0213. The van der Waals surface area contributed by atoms with Crippen LogP contribution in [0.3, 0.4) is 0 Å². The van der Waals surface area contributed by atoms with E-state index in [0.717, 1.165) is 0 Å². The van der Waals surface area contributed by atoms with Crippen molar-refractivity contribution in [2.75, 3.05) is 56.7 Å². The van der Waals surface area contributed by atoms with Gasteiger partial charge in [0.25, 0.3) is 17.7 Å². The van der Waals surface area contributed by atoms with Crippen LogP contribution in [0.25, 0.3) is 0 Å². The molecule has 2 saturated heterocycles. The Morgan fingerprint density at radius 3 is 2.27 bits per heavy atom. The van der Waals surface area contributed by atoms with Crippen molar-refractivity contribution >= 4 is 34.9 Å². The summed E-state index contributed by atoms with van der Waals surface area (Å²) in [5.41, 5.74) is 7.32. The van der Waals surface area contributed by atoms with E-state index in [2.05, 4.69) is 5.32 Å². The number of hydrogen-bond acceptors (Lipinski definition) is 8. The number of amides is 3. The van der Waals surface area contributed by atoms with Gasteiger partial charge in [-0.3, -0.25) is 19.8 Å². The number of rotatable bonds is 7. The number of benzene rings is 2. The summed E-state index contributed by atoms with van der Waals surface area (Å²) in [7, 11) is 1.61. The second kappa shape index (κ2) is 11.5. The van der Waals surface area contributed by atoms with Crippen LogP contribution < -0.4 is 16.0 Å². The van der Waals surface area contributed by atoms with Crippen molar-refractivity contribution in [1.82, 2.24) is 9.96 Å². The standard InChI is InChI=1S/C25H30N6O6/c1-36-30-12-10-29(11-13-30)24(34)17-4-8-19(9-5-17)31-14-15-37-21(25(31)35)20(32)23(33)28-18-6-2-16(3-7-18)22(26)27/h2-9,20-21,32H,10-15H2,1H3,(H3,26,27)(H,28,33)/t20-,21-/m1/s1. The van der Waals surface area contributed by atoms with Crippen LogP contribution in [0.4, 0.5) is 11.4 Å². The number of hydroxylamine groups is 2. The summed E-state index contributed by atoms with van der Waals surface area (Å²) in [6.45, 7) is 2.73. The second-order valence-corrected chi connectivity index (χ2v) is 8.66. The zero-order valence-corrected chi connectivity index (χ0v) is 20.4. The molecule has 0 radical (unpaired) electrons. The van der Waals surface area contributed by atoms with Crippen molar-refractivity contribution in [3.05, 3.63) is 59.7 Å². The van der Waals surface area contributed by atoms with Crippen LogP contribution in [0, 0.1) is 5.41 Å². The van der Waals surface area contributed by atoms with E-state index in [0.29, 0.717) is 48.7 Å². The summed E-state index contributed by atoms with van der Waals surface area (Å²) in [4.78, 5) is 46.9. The number of nitrogens with two attached hydrogens (primary N) is 1. The molecule has 0 unspecified atom stereocenters. The molecule has 0 aliphatic carbocycles. The highest BCUT2D eigenvalue weighted by atomic mass is 16.7. The highest BCUT2D eigenvalue weighted by Crippen LogP contribution is 2.22. The van der Waals surface area contributed by atoms with Gasteiger partial charge in [0.1, 0.15) is 5.84 Å². The molecular formula is C25H30N6O6. The van der Waals surface area contributed by atoms with Gasteiger partial charge < -0.3 is 35.5 Å². The number of nitrogen functional groups attached to an aromatic ring is 1. The van der Waals surface area contributed by atoms with Crippen molar-refractivity contribution < 1.29 is 29.1 Å². The molecule has 2 heterocycles. The minimum atomic E-state index is -1.74. The number of nitrogens with zero attached hydrogens (tertiary/aromatic N) is 3. The molecule has 0 saturated carbocycles.